The van der Waals surface area contributed by atoms with E-state index in [1.165, 1.54) is 18.7 Å². The van der Waals surface area contributed by atoms with Crippen LogP contribution in [0, 0.1) is 0 Å². The van der Waals surface area contributed by atoms with E-state index < -0.39 is 6.04 Å². The van der Waals surface area contributed by atoms with Crippen molar-refractivity contribution in [3.05, 3.63) is 58.8 Å². The van der Waals surface area contributed by atoms with Crippen LogP contribution in [0.2, 0.25) is 0 Å². The zero-order valence-corrected chi connectivity index (χ0v) is 15.6. The highest BCUT2D eigenvalue weighted by Crippen LogP contribution is 2.22. The highest BCUT2D eigenvalue weighted by atomic mass is 79.9. The van der Waals surface area contributed by atoms with Crippen molar-refractivity contribution in [3.63, 3.8) is 0 Å². The number of carbonyl (C=O) groups is 2. The monoisotopic (exact) mass is 407 g/mol. The van der Waals surface area contributed by atoms with Crippen LogP contribution >= 0.6 is 27.7 Å². The molecule has 1 aromatic carbocycles. The Bertz CT molecular complexity index is 697. The summed E-state index contributed by atoms with van der Waals surface area (Å²) in [6, 6.07) is 10.9. The van der Waals surface area contributed by atoms with Gasteiger partial charge in [-0.1, -0.05) is 28.1 Å². The van der Waals surface area contributed by atoms with E-state index in [-0.39, 0.29) is 11.8 Å². The number of thioether (sulfide) groups is 1. The van der Waals surface area contributed by atoms with E-state index in [2.05, 4.69) is 31.5 Å². The molecule has 24 heavy (non-hydrogen) atoms. The van der Waals surface area contributed by atoms with Gasteiger partial charge in [-0.05, 0) is 29.8 Å². The molecule has 2 N–H and O–H groups in total. The molecule has 5 nitrogen and oxygen atoms in total. The molecule has 1 atom stereocenters. The van der Waals surface area contributed by atoms with Crippen LogP contribution in [0.1, 0.15) is 12.5 Å². The molecule has 0 aliphatic rings. The van der Waals surface area contributed by atoms with Crippen LogP contribution in [0.15, 0.2) is 58.2 Å². The second-order valence-electron chi connectivity index (χ2n) is 5.10. The summed E-state index contributed by atoms with van der Waals surface area (Å²) >= 11 is 4.94. The highest BCUT2D eigenvalue weighted by molar-refractivity contribution is 9.10. The number of carbonyl (C=O) groups excluding carboxylic acids is 2. The first-order valence-corrected chi connectivity index (χ1v) is 9.14. The fourth-order valence-electron chi connectivity index (χ4n) is 1.98. The van der Waals surface area contributed by atoms with Gasteiger partial charge >= 0.3 is 0 Å². The quantitative estimate of drug-likeness (QED) is 0.692. The van der Waals surface area contributed by atoms with Crippen LogP contribution in [0.5, 0.6) is 0 Å². The summed E-state index contributed by atoms with van der Waals surface area (Å²) in [5.41, 5.74) is 0.909. The molecule has 7 heteroatoms. The molecule has 1 aromatic heterocycles. The number of nitrogens with one attached hydrogen (secondary N) is 2. The Morgan fingerprint density at radius 1 is 1.29 bits per heavy atom. The lowest BCUT2D eigenvalue weighted by atomic mass is 10.2. The van der Waals surface area contributed by atoms with Crippen molar-refractivity contribution >= 4 is 39.5 Å². The normalized spacial score (nSPS) is 11.6. The Morgan fingerprint density at radius 3 is 2.79 bits per heavy atom. The Labute approximate surface area is 153 Å². The largest absolute Gasteiger partial charge is 0.350 e. The van der Waals surface area contributed by atoms with Crippen LogP contribution < -0.4 is 10.6 Å². The van der Waals surface area contributed by atoms with Gasteiger partial charge in [-0.25, -0.2) is 0 Å². The summed E-state index contributed by atoms with van der Waals surface area (Å²) in [5, 5.41) is 5.54. The predicted molar refractivity (Wildman–Crippen MR) is 98.6 cm³/mol. The first-order chi connectivity index (χ1) is 11.5. The van der Waals surface area contributed by atoms with Crippen molar-refractivity contribution in [1.82, 2.24) is 15.6 Å². The lowest BCUT2D eigenvalue weighted by Crippen LogP contribution is -2.47. The molecular formula is C17H18BrN3O2S. The van der Waals surface area contributed by atoms with Crippen molar-refractivity contribution in [1.29, 1.82) is 0 Å². The number of pyridine rings is 1. The minimum atomic E-state index is -0.594. The second-order valence-corrected chi connectivity index (χ2v) is 7.11. The van der Waals surface area contributed by atoms with E-state index >= 15 is 0 Å². The third-order valence-electron chi connectivity index (χ3n) is 3.10. The van der Waals surface area contributed by atoms with E-state index in [1.54, 1.807) is 12.4 Å². The smallest absolute Gasteiger partial charge is 0.243 e. The van der Waals surface area contributed by atoms with Gasteiger partial charge in [0.05, 0.1) is 0 Å². The van der Waals surface area contributed by atoms with Gasteiger partial charge in [0, 0.05) is 41.0 Å². The van der Waals surface area contributed by atoms with Gasteiger partial charge < -0.3 is 10.6 Å². The second kappa shape index (κ2) is 9.44. The topological polar surface area (TPSA) is 71.1 Å². The van der Waals surface area contributed by atoms with Crippen molar-refractivity contribution in [2.75, 3.05) is 5.75 Å². The summed E-state index contributed by atoms with van der Waals surface area (Å²) < 4.78 is 0.976. The van der Waals surface area contributed by atoms with E-state index in [0.717, 1.165) is 14.9 Å². The van der Waals surface area contributed by atoms with E-state index in [0.29, 0.717) is 12.3 Å². The molecule has 0 fully saturated rings. The zero-order valence-electron chi connectivity index (χ0n) is 13.2. The van der Waals surface area contributed by atoms with Gasteiger partial charge in [0.2, 0.25) is 11.8 Å². The zero-order chi connectivity index (χ0) is 17.4. The van der Waals surface area contributed by atoms with E-state index in [4.69, 9.17) is 0 Å². The molecule has 0 spiro atoms. The van der Waals surface area contributed by atoms with Gasteiger partial charge in [-0.2, -0.15) is 0 Å². The number of rotatable bonds is 7. The van der Waals surface area contributed by atoms with Crippen molar-refractivity contribution in [3.8, 4) is 0 Å². The first kappa shape index (κ1) is 18.5. The summed E-state index contributed by atoms with van der Waals surface area (Å²) in [7, 11) is 0. The van der Waals surface area contributed by atoms with E-state index in [1.807, 2.05) is 36.4 Å². The molecular weight excluding hydrogens is 390 g/mol. The Kier molecular flexibility index (Phi) is 7.27. The number of nitrogens with zero attached hydrogens (tertiary/aromatic N) is 1. The minimum absolute atomic E-state index is 0.212. The van der Waals surface area contributed by atoms with E-state index in [9.17, 15) is 9.59 Å². The molecule has 0 aliphatic heterocycles. The molecule has 2 rings (SSSR count). The predicted octanol–water partition coefficient (Wildman–Crippen LogP) is 2.76. The first-order valence-electron chi connectivity index (χ1n) is 7.36. The molecule has 0 bridgehead atoms. The Balaban J connectivity index is 1.93. The fraction of sp³-hybridized carbons (Fsp3) is 0.235. The number of hydrogen-bond acceptors (Lipinski definition) is 4. The number of amides is 2. The molecule has 0 saturated carbocycles. The maximum Gasteiger partial charge on any atom is 0.243 e. The van der Waals surface area contributed by atoms with Gasteiger partial charge in [-0.15, -0.1) is 11.8 Å². The lowest BCUT2D eigenvalue weighted by molar-refractivity contribution is -0.127. The summed E-state index contributed by atoms with van der Waals surface area (Å²) in [4.78, 5) is 28.8. The van der Waals surface area contributed by atoms with Gasteiger partial charge in [0.25, 0.3) is 0 Å². The van der Waals surface area contributed by atoms with Gasteiger partial charge in [-0.3, -0.25) is 14.6 Å². The fourth-order valence-corrected chi connectivity index (χ4v) is 3.51. The molecule has 2 amide bonds. The minimum Gasteiger partial charge on any atom is -0.350 e. The average Bonchev–Trinajstić information content (AvgIpc) is 2.57. The number of halogens is 1. The van der Waals surface area contributed by atoms with Crippen molar-refractivity contribution in [2.45, 2.75) is 24.4 Å². The molecule has 2 aromatic rings. The van der Waals surface area contributed by atoms with Gasteiger partial charge in [0.15, 0.2) is 0 Å². The number of hydrogen-bond donors (Lipinski definition) is 2. The Morgan fingerprint density at radius 2 is 2.12 bits per heavy atom. The maximum atomic E-state index is 12.4. The third-order valence-corrected chi connectivity index (χ3v) is 4.68. The SMILES string of the molecule is CC(=O)NC(CSc1cccc(Br)c1)C(=O)NCc1cccnc1. The molecule has 0 saturated heterocycles. The summed E-state index contributed by atoms with van der Waals surface area (Å²) in [5.74, 6) is 0.0115. The molecule has 0 aliphatic carbocycles. The summed E-state index contributed by atoms with van der Waals surface area (Å²) in [6.07, 6.45) is 3.38. The highest BCUT2D eigenvalue weighted by Gasteiger charge is 2.19. The summed E-state index contributed by atoms with van der Waals surface area (Å²) in [6.45, 7) is 1.79. The van der Waals surface area contributed by atoms with Crippen LogP contribution in [-0.2, 0) is 16.1 Å². The Hall–Kier alpha value is -1.86. The van der Waals surface area contributed by atoms with Crippen molar-refractivity contribution in [2.24, 2.45) is 0 Å². The lowest BCUT2D eigenvalue weighted by Gasteiger charge is -2.17. The van der Waals surface area contributed by atoms with Gasteiger partial charge in [0.1, 0.15) is 6.04 Å². The molecule has 1 heterocycles. The molecule has 0 radical (unpaired) electrons. The van der Waals surface area contributed by atoms with Crippen LogP contribution in [0.3, 0.4) is 0 Å². The van der Waals surface area contributed by atoms with Crippen LogP contribution in [0.4, 0.5) is 0 Å². The average molecular weight is 408 g/mol. The van der Waals surface area contributed by atoms with Crippen LogP contribution in [0.25, 0.3) is 0 Å². The third kappa shape index (κ3) is 6.33. The molecule has 126 valence electrons. The number of aromatic nitrogens is 1. The van der Waals surface area contributed by atoms with Crippen LogP contribution in [-0.4, -0.2) is 28.6 Å². The standard InChI is InChI=1S/C17H18BrN3O2S/c1-12(22)21-16(11-24-15-6-2-5-14(18)8-15)17(23)20-10-13-4-3-7-19-9-13/h2-9,16H,10-11H2,1H3,(H,20,23)(H,21,22). The molecule has 1 unspecified atom stereocenters. The van der Waals surface area contributed by atoms with Crippen molar-refractivity contribution < 1.29 is 9.59 Å². The number of benzene rings is 1. The maximum absolute atomic E-state index is 12.4.